The van der Waals surface area contributed by atoms with Gasteiger partial charge in [0.05, 0.1) is 37.9 Å². The van der Waals surface area contributed by atoms with Gasteiger partial charge in [-0.15, -0.1) is 11.3 Å². The van der Waals surface area contributed by atoms with E-state index in [-0.39, 0.29) is 6.61 Å². The summed E-state index contributed by atoms with van der Waals surface area (Å²) >= 11 is 1.47. The highest BCUT2D eigenvalue weighted by Crippen LogP contribution is 2.46. The second-order valence-electron chi connectivity index (χ2n) is 9.26. The highest BCUT2D eigenvalue weighted by Gasteiger charge is 2.39. The van der Waals surface area contributed by atoms with Crippen molar-refractivity contribution in [1.29, 1.82) is 0 Å². The van der Waals surface area contributed by atoms with E-state index in [2.05, 4.69) is 10.6 Å². The Bertz CT molecular complexity index is 1150. The van der Waals surface area contributed by atoms with E-state index < -0.39 is 24.0 Å². The first-order valence-electron chi connectivity index (χ1n) is 12.9. The number of allylic oxidation sites excluding steroid dienone is 2. The third-order valence-corrected chi connectivity index (χ3v) is 7.26. The molecular formula is C29H38N2O7S. The standard InChI is InChI=1S/C29H38N2O7S/c1-18-15-23(26-24(27(33)35-4)19(2)31-20(3)25(26)28(34)36-5)29(39-18)37-14-10-9-13-30-16-21(32)17-38-22-11-7-6-8-12-22/h6-8,11-12,15,21,26,30-32H,9-10,13-14,16-17H2,1-5H3. The summed E-state index contributed by atoms with van der Waals surface area (Å²) < 4.78 is 21.9. The Hall–Kier alpha value is -3.34. The zero-order chi connectivity index (χ0) is 28.4. The van der Waals surface area contributed by atoms with Gasteiger partial charge in [0.2, 0.25) is 0 Å². The Morgan fingerprint density at radius 2 is 1.64 bits per heavy atom. The topological polar surface area (TPSA) is 115 Å². The average Bonchev–Trinajstić information content (AvgIpc) is 3.30. The van der Waals surface area contributed by atoms with E-state index in [0.717, 1.165) is 35.6 Å². The Kier molecular flexibility index (Phi) is 11.4. The number of hydrogen-bond acceptors (Lipinski definition) is 10. The molecule has 0 saturated heterocycles. The van der Waals surface area contributed by atoms with Crippen LogP contribution >= 0.6 is 11.3 Å². The predicted molar refractivity (Wildman–Crippen MR) is 150 cm³/mol. The lowest BCUT2D eigenvalue weighted by Gasteiger charge is -2.30. The van der Waals surface area contributed by atoms with Gasteiger partial charge in [-0.1, -0.05) is 18.2 Å². The summed E-state index contributed by atoms with van der Waals surface area (Å²) in [5, 5.41) is 17.1. The van der Waals surface area contributed by atoms with E-state index in [1.54, 1.807) is 13.8 Å². The van der Waals surface area contributed by atoms with Crippen LogP contribution in [-0.2, 0) is 19.1 Å². The highest BCUT2D eigenvalue weighted by molar-refractivity contribution is 7.14. The number of aliphatic hydroxyl groups excluding tert-OH is 1. The molecule has 0 radical (unpaired) electrons. The number of benzene rings is 1. The van der Waals surface area contributed by atoms with Gasteiger partial charge in [-0.3, -0.25) is 0 Å². The van der Waals surface area contributed by atoms with Gasteiger partial charge in [-0.05, 0) is 58.4 Å². The second-order valence-corrected chi connectivity index (χ2v) is 10.5. The van der Waals surface area contributed by atoms with Crippen molar-refractivity contribution in [1.82, 2.24) is 10.6 Å². The number of esters is 2. The predicted octanol–water partition coefficient (Wildman–Crippen LogP) is 3.83. The van der Waals surface area contributed by atoms with Crippen LogP contribution in [0.3, 0.4) is 0 Å². The fraction of sp³-hybridized carbons (Fsp3) is 0.448. The number of unbranched alkanes of at least 4 members (excludes halogenated alkanes) is 1. The highest BCUT2D eigenvalue weighted by atomic mass is 32.1. The summed E-state index contributed by atoms with van der Waals surface area (Å²) in [6.45, 7) is 7.37. The molecule has 0 aliphatic carbocycles. The van der Waals surface area contributed by atoms with Crippen LogP contribution in [0, 0.1) is 6.92 Å². The third kappa shape index (κ3) is 8.08. The van der Waals surface area contributed by atoms with Gasteiger partial charge in [-0.2, -0.15) is 0 Å². The zero-order valence-electron chi connectivity index (χ0n) is 23.2. The number of dihydropyridines is 1. The van der Waals surface area contributed by atoms with Crippen LogP contribution in [-0.4, -0.2) is 63.7 Å². The van der Waals surface area contributed by atoms with Gasteiger partial charge in [0.25, 0.3) is 0 Å². The van der Waals surface area contributed by atoms with E-state index in [4.69, 9.17) is 18.9 Å². The number of ether oxygens (including phenoxy) is 4. The van der Waals surface area contributed by atoms with Crippen LogP contribution in [0.4, 0.5) is 0 Å². The fourth-order valence-electron chi connectivity index (χ4n) is 4.45. The summed E-state index contributed by atoms with van der Waals surface area (Å²) in [5.74, 6) is -0.977. The lowest BCUT2D eigenvalue weighted by molar-refractivity contribution is -0.137. The summed E-state index contributed by atoms with van der Waals surface area (Å²) in [6, 6.07) is 11.3. The third-order valence-electron chi connectivity index (χ3n) is 6.28. The smallest absolute Gasteiger partial charge is 0.336 e. The van der Waals surface area contributed by atoms with E-state index in [9.17, 15) is 14.7 Å². The van der Waals surface area contributed by atoms with Gasteiger partial charge >= 0.3 is 11.9 Å². The number of nitrogens with one attached hydrogen (secondary N) is 2. The van der Waals surface area contributed by atoms with Gasteiger partial charge in [0, 0.05) is 28.4 Å². The summed E-state index contributed by atoms with van der Waals surface area (Å²) in [6.07, 6.45) is 1.02. The summed E-state index contributed by atoms with van der Waals surface area (Å²) in [5.41, 5.74) is 2.68. The minimum Gasteiger partial charge on any atom is -0.491 e. The van der Waals surface area contributed by atoms with E-state index in [0.29, 0.717) is 40.8 Å². The monoisotopic (exact) mass is 558 g/mol. The van der Waals surface area contributed by atoms with Crippen molar-refractivity contribution in [3.05, 3.63) is 69.4 Å². The first-order chi connectivity index (χ1) is 18.8. The molecule has 1 aliphatic rings. The molecule has 0 saturated carbocycles. The lowest BCUT2D eigenvalue weighted by Crippen LogP contribution is -2.32. The zero-order valence-corrected chi connectivity index (χ0v) is 24.0. The Labute approximate surface area is 233 Å². The first-order valence-corrected chi connectivity index (χ1v) is 13.7. The fourth-order valence-corrected chi connectivity index (χ4v) is 5.36. The number of carbonyl (C=O) groups is 2. The summed E-state index contributed by atoms with van der Waals surface area (Å²) in [7, 11) is 2.64. The van der Waals surface area contributed by atoms with Crippen molar-refractivity contribution < 1.29 is 33.6 Å². The maximum atomic E-state index is 12.8. The number of hydrogen-bond donors (Lipinski definition) is 3. The lowest BCUT2D eigenvalue weighted by atomic mass is 9.81. The van der Waals surface area contributed by atoms with Crippen LogP contribution in [0.25, 0.3) is 0 Å². The van der Waals surface area contributed by atoms with Crippen LogP contribution in [0.2, 0.25) is 0 Å². The molecule has 1 aromatic carbocycles. The molecule has 1 atom stereocenters. The molecule has 2 heterocycles. The number of thiophene rings is 1. The Balaban J connectivity index is 1.57. The average molecular weight is 559 g/mol. The molecule has 0 bridgehead atoms. The normalized spacial score (nSPS) is 14.6. The minimum atomic E-state index is -0.674. The second kappa shape index (κ2) is 14.7. The van der Waals surface area contributed by atoms with E-state index in [1.165, 1.54) is 25.6 Å². The van der Waals surface area contributed by atoms with Gasteiger partial charge in [-0.25, -0.2) is 9.59 Å². The van der Waals surface area contributed by atoms with Gasteiger partial charge in [0.1, 0.15) is 18.5 Å². The van der Waals surface area contributed by atoms with Crippen molar-refractivity contribution in [3.63, 3.8) is 0 Å². The number of carbonyl (C=O) groups excluding carboxylic acids is 2. The molecule has 39 heavy (non-hydrogen) atoms. The Morgan fingerprint density at radius 1 is 1.00 bits per heavy atom. The molecule has 212 valence electrons. The number of para-hydroxylation sites is 1. The molecule has 0 amide bonds. The molecule has 2 aromatic rings. The minimum absolute atomic E-state index is 0.223. The molecule has 1 aliphatic heterocycles. The van der Waals surface area contributed by atoms with Gasteiger partial charge in [0.15, 0.2) is 5.06 Å². The number of methoxy groups -OCH3 is 2. The molecular weight excluding hydrogens is 520 g/mol. The van der Waals surface area contributed by atoms with Crippen LogP contribution < -0.4 is 20.1 Å². The van der Waals surface area contributed by atoms with E-state index >= 15 is 0 Å². The van der Waals surface area contributed by atoms with E-state index in [1.807, 2.05) is 43.3 Å². The molecule has 10 heteroatoms. The molecule has 9 nitrogen and oxygen atoms in total. The first kappa shape index (κ1) is 30.2. The van der Waals surface area contributed by atoms with Gasteiger partial charge < -0.3 is 34.7 Å². The van der Waals surface area contributed by atoms with Crippen molar-refractivity contribution in [2.24, 2.45) is 0 Å². The summed E-state index contributed by atoms with van der Waals surface area (Å²) in [4.78, 5) is 26.6. The SMILES string of the molecule is COC(=O)C1=C(C)NC(C)=C(C(=O)OC)C1c1cc(C)sc1OCCCCNCC(O)COc1ccccc1. The van der Waals surface area contributed by atoms with Crippen molar-refractivity contribution in [2.75, 3.05) is 40.5 Å². The molecule has 1 unspecified atom stereocenters. The maximum absolute atomic E-state index is 12.8. The largest absolute Gasteiger partial charge is 0.491 e. The van der Waals surface area contributed by atoms with Crippen molar-refractivity contribution in [3.8, 4) is 10.8 Å². The van der Waals surface area contributed by atoms with Crippen LogP contribution in [0.15, 0.2) is 58.9 Å². The molecule has 1 aromatic heterocycles. The van der Waals surface area contributed by atoms with Crippen LogP contribution in [0.5, 0.6) is 10.8 Å². The van der Waals surface area contributed by atoms with Crippen LogP contribution in [0.1, 0.15) is 43.0 Å². The Morgan fingerprint density at radius 3 is 2.26 bits per heavy atom. The number of aliphatic hydroxyl groups is 1. The molecule has 0 spiro atoms. The quantitative estimate of drug-likeness (QED) is 0.235. The van der Waals surface area contributed by atoms with Crippen molar-refractivity contribution >= 4 is 23.3 Å². The molecule has 3 rings (SSSR count). The van der Waals surface area contributed by atoms with Crippen molar-refractivity contribution in [2.45, 2.75) is 45.6 Å². The molecule has 0 fully saturated rings. The number of rotatable bonds is 14. The number of aryl methyl sites for hydroxylation is 1. The maximum Gasteiger partial charge on any atom is 0.336 e. The molecule has 3 N–H and O–H groups in total.